The van der Waals surface area contributed by atoms with E-state index in [4.69, 9.17) is 4.74 Å². The Morgan fingerprint density at radius 2 is 1.46 bits per heavy atom. The van der Waals surface area contributed by atoms with Gasteiger partial charge in [0.15, 0.2) is 0 Å². The molecule has 3 aromatic carbocycles. The van der Waals surface area contributed by atoms with Gasteiger partial charge in [-0.25, -0.2) is 4.79 Å². The lowest BCUT2D eigenvalue weighted by atomic mass is 9.95. The first kappa shape index (κ1) is 23.8. The van der Waals surface area contributed by atoms with Crippen molar-refractivity contribution in [3.63, 3.8) is 0 Å². The number of benzene rings is 3. The zero-order chi connectivity index (χ0) is 25.3. The Morgan fingerprint density at radius 1 is 0.886 bits per heavy atom. The summed E-state index contributed by atoms with van der Waals surface area (Å²) in [5.74, 6) is -2.40. The van der Waals surface area contributed by atoms with E-state index in [1.165, 1.54) is 29.2 Å². The van der Waals surface area contributed by atoms with E-state index < -0.39 is 23.7 Å². The number of esters is 1. The van der Waals surface area contributed by atoms with Gasteiger partial charge in [0.25, 0.3) is 11.7 Å². The van der Waals surface area contributed by atoms with Crippen LogP contribution in [0.4, 0.5) is 5.69 Å². The van der Waals surface area contributed by atoms with Crippen molar-refractivity contribution >= 4 is 29.1 Å². The van der Waals surface area contributed by atoms with Gasteiger partial charge >= 0.3 is 5.97 Å². The Kier molecular flexibility index (Phi) is 6.42. The Labute approximate surface area is 202 Å². The van der Waals surface area contributed by atoms with Gasteiger partial charge in [-0.3, -0.25) is 14.5 Å². The average molecular weight is 472 g/mol. The van der Waals surface area contributed by atoms with Crippen LogP contribution in [0.5, 0.6) is 5.75 Å². The second-order valence-electron chi connectivity index (χ2n) is 8.63. The number of carbonyl (C=O) groups excluding carboxylic acids is 3. The highest BCUT2D eigenvalue weighted by Crippen LogP contribution is 2.42. The summed E-state index contributed by atoms with van der Waals surface area (Å²) in [7, 11) is 0. The molecule has 0 aromatic heterocycles. The van der Waals surface area contributed by atoms with Gasteiger partial charge < -0.3 is 14.9 Å². The number of anilines is 1. The number of ketones is 1. The van der Waals surface area contributed by atoms with Crippen LogP contribution in [-0.4, -0.2) is 34.0 Å². The minimum Gasteiger partial charge on any atom is -0.508 e. The number of hydrogen-bond acceptors (Lipinski definition) is 6. The molecular weight excluding hydrogens is 446 g/mol. The molecule has 1 saturated heterocycles. The fraction of sp³-hybridized carbons (Fsp3) is 0.179. The summed E-state index contributed by atoms with van der Waals surface area (Å²) < 4.78 is 5.21. The summed E-state index contributed by atoms with van der Waals surface area (Å²) in [6, 6.07) is 18.3. The van der Waals surface area contributed by atoms with Gasteiger partial charge in [-0.2, -0.15) is 0 Å². The minimum atomic E-state index is -0.939. The number of aryl methyl sites for hydroxylation is 1. The number of Topliss-reactive ketones (excluding diaryl/α,β-unsaturated/α-hetero) is 1. The van der Waals surface area contributed by atoms with Gasteiger partial charge in [0.05, 0.1) is 23.3 Å². The molecule has 1 amide bonds. The maximum atomic E-state index is 13.2. The molecule has 1 heterocycles. The number of carbonyl (C=O) groups is 3. The smallest absolute Gasteiger partial charge is 0.338 e. The molecule has 0 radical (unpaired) electrons. The number of aromatic hydroxyl groups is 1. The molecule has 0 saturated carbocycles. The van der Waals surface area contributed by atoms with Gasteiger partial charge in [0.1, 0.15) is 11.5 Å². The second-order valence-corrected chi connectivity index (χ2v) is 8.63. The highest BCUT2D eigenvalue weighted by atomic mass is 16.5. The zero-order valence-corrected chi connectivity index (χ0v) is 19.6. The third-order valence-corrected chi connectivity index (χ3v) is 5.70. The summed E-state index contributed by atoms with van der Waals surface area (Å²) in [4.78, 5) is 39.9. The molecule has 1 unspecified atom stereocenters. The zero-order valence-electron chi connectivity index (χ0n) is 19.6. The summed E-state index contributed by atoms with van der Waals surface area (Å²) in [5, 5.41) is 20.9. The molecule has 1 atom stereocenters. The lowest BCUT2D eigenvalue weighted by molar-refractivity contribution is -0.132. The normalized spacial score (nSPS) is 17.1. The lowest BCUT2D eigenvalue weighted by Gasteiger charge is -2.25. The number of nitrogens with zero attached hydrogens (tertiary/aromatic N) is 1. The molecule has 7 nitrogen and oxygen atoms in total. The summed E-state index contributed by atoms with van der Waals surface area (Å²) in [5.41, 5.74) is 2.53. The monoisotopic (exact) mass is 471 g/mol. The van der Waals surface area contributed by atoms with E-state index in [9.17, 15) is 24.6 Å². The predicted octanol–water partition coefficient (Wildman–Crippen LogP) is 4.89. The molecule has 4 rings (SSSR count). The van der Waals surface area contributed by atoms with Crippen molar-refractivity contribution in [2.45, 2.75) is 32.9 Å². The van der Waals surface area contributed by atoms with Crippen molar-refractivity contribution in [1.29, 1.82) is 0 Å². The van der Waals surface area contributed by atoms with Crippen molar-refractivity contribution in [3.8, 4) is 5.75 Å². The molecule has 178 valence electrons. The van der Waals surface area contributed by atoms with Crippen molar-refractivity contribution < 1.29 is 29.3 Å². The molecule has 0 spiro atoms. The van der Waals surface area contributed by atoms with E-state index >= 15 is 0 Å². The number of aliphatic hydroxyl groups excluding tert-OH is 1. The number of rotatable bonds is 5. The average Bonchev–Trinajstić information content (AvgIpc) is 3.09. The van der Waals surface area contributed by atoms with E-state index in [1.807, 2.05) is 6.92 Å². The fourth-order valence-electron chi connectivity index (χ4n) is 3.98. The molecule has 7 heteroatoms. The summed E-state index contributed by atoms with van der Waals surface area (Å²) >= 11 is 0. The van der Waals surface area contributed by atoms with Gasteiger partial charge in [0, 0.05) is 11.3 Å². The third kappa shape index (κ3) is 4.66. The molecule has 2 N–H and O–H groups in total. The maximum Gasteiger partial charge on any atom is 0.338 e. The van der Waals surface area contributed by atoms with Crippen LogP contribution in [0.2, 0.25) is 0 Å². The summed E-state index contributed by atoms with van der Waals surface area (Å²) in [6.07, 6.45) is -0.281. The van der Waals surface area contributed by atoms with Gasteiger partial charge in [0.2, 0.25) is 0 Å². The van der Waals surface area contributed by atoms with Gasteiger partial charge in [-0.1, -0.05) is 42.0 Å². The fourth-order valence-corrected chi connectivity index (χ4v) is 3.98. The molecule has 3 aromatic rings. The lowest BCUT2D eigenvalue weighted by Crippen LogP contribution is -2.29. The predicted molar refractivity (Wildman–Crippen MR) is 131 cm³/mol. The number of ether oxygens (including phenoxy) is 1. The van der Waals surface area contributed by atoms with Crippen molar-refractivity contribution in [2.75, 3.05) is 4.90 Å². The van der Waals surface area contributed by atoms with Crippen LogP contribution >= 0.6 is 0 Å². The van der Waals surface area contributed by atoms with Crippen LogP contribution in [0.25, 0.3) is 5.76 Å². The largest absolute Gasteiger partial charge is 0.508 e. The van der Waals surface area contributed by atoms with Gasteiger partial charge in [-0.15, -0.1) is 0 Å². The first-order chi connectivity index (χ1) is 16.7. The minimum absolute atomic E-state index is 0.0252. The Morgan fingerprint density at radius 3 is 2.03 bits per heavy atom. The van der Waals surface area contributed by atoms with Crippen molar-refractivity contribution in [1.82, 2.24) is 0 Å². The van der Waals surface area contributed by atoms with Crippen LogP contribution in [0.1, 0.15) is 46.9 Å². The number of amides is 1. The molecule has 0 aliphatic carbocycles. The van der Waals surface area contributed by atoms with Crippen LogP contribution in [-0.2, 0) is 14.3 Å². The second kappa shape index (κ2) is 9.46. The van der Waals surface area contributed by atoms with E-state index in [-0.39, 0.29) is 23.2 Å². The van der Waals surface area contributed by atoms with Crippen LogP contribution in [0.15, 0.2) is 78.4 Å². The Balaban J connectivity index is 1.83. The molecule has 1 aliphatic heterocycles. The van der Waals surface area contributed by atoms with Crippen LogP contribution in [0.3, 0.4) is 0 Å². The van der Waals surface area contributed by atoms with Gasteiger partial charge in [-0.05, 0) is 62.7 Å². The highest BCUT2D eigenvalue weighted by molar-refractivity contribution is 6.51. The quantitative estimate of drug-likeness (QED) is 0.238. The van der Waals surface area contributed by atoms with Crippen molar-refractivity contribution in [3.05, 3.63) is 101 Å². The maximum absolute atomic E-state index is 13.2. The Hall–Kier alpha value is -4.39. The standard InChI is InChI=1S/C28H25NO6/c1-16(2)35-28(34)20-8-12-21(13-9-20)29-24(18-10-14-22(30)15-11-18)23(26(32)27(29)33)25(31)19-6-4-17(3)5-7-19/h4-16,24,30-31H,1-3H3/b25-23+. The number of hydrogen-bond donors (Lipinski definition) is 2. The van der Waals surface area contributed by atoms with E-state index in [0.717, 1.165) is 5.56 Å². The van der Waals surface area contributed by atoms with Crippen LogP contribution < -0.4 is 4.90 Å². The number of phenolic OH excluding ortho intramolecular Hbond substituents is 1. The number of phenols is 1. The molecule has 0 bridgehead atoms. The first-order valence-electron chi connectivity index (χ1n) is 11.2. The molecular formula is C28H25NO6. The van der Waals surface area contributed by atoms with Crippen molar-refractivity contribution in [2.24, 2.45) is 0 Å². The van der Waals surface area contributed by atoms with E-state index in [2.05, 4.69) is 0 Å². The summed E-state index contributed by atoms with van der Waals surface area (Å²) in [6.45, 7) is 5.40. The van der Waals surface area contributed by atoms with E-state index in [1.54, 1.807) is 62.4 Å². The SMILES string of the molecule is Cc1ccc(/C(O)=C2\C(=O)C(=O)N(c3ccc(C(=O)OC(C)C)cc3)C2c2ccc(O)cc2)cc1. The van der Waals surface area contributed by atoms with E-state index in [0.29, 0.717) is 22.4 Å². The first-order valence-corrected chi connectivity index (χ1v) is 11.2. The third-order valence-electron chi connectivity index (χ3n) is 5.70. The Bertz CT molecular complexity index is 1310. The number of aliphatic hydroxyl groups is 1. The molecule has 35 heavy (non-hydrogen) atoms. The molecule has 1 fully saturated rings. The molecule has 1 aliphatic rings. The highest BCUT2D eigenvalue weighted by Gasteiger charge is 2.47. The van der Waals surface area contributed by atoms with Crippen LogP contribution in [0, 0.1) is 6.92 Å². The topological polar surface area (TPSA) is 104 Å².